The topological polar surface area (TPSA) is 92.5 Å². The highest BCUT2D eigenvalue weighted by atomic mass is 16.6. The van der Waals surface area contributed by atoms with Crippen molar-refractivity contribution in [2.45, 2.75) is 13.5 Å². The molecule has 0 atom stereocenters. The molecule has 0 bridgehead atoms. The number of nitro benzene ring substituents is 1. The van der Waals surface area contributed by atoms with Gasteiger partial charge >= 0.3 is 5.97 Å². The van der Waals surface area contributed by atoms with Gasteiger partial charge in [-0.25, -0.2) is 4.79 Å². The average Bonchev–Trinajstić information content (AvgIpc) is 2.46. The van der Waals surface area contributed by atoms with Crippen molar-refractivity contribution in [1.82, 2.24) is 0 Å². The lowest BCUT2D eigenvalue weighted by Gasteiger charge is -2.08. The number of aromatic carboxylic acids is 1. The van der Waals surface area contributed by atoms with E-state index in [0.29, 0.717) is 6.54 Å². The summed E-state index contributed by atoms with van der Waals surface area (Å²) in [6.45, 7) is 2.35. The van der Waals surface area contributed by atoms with Crippen LogP contribution >= 0.6 is 0 Å². The van der Waals surface area contributed by atoms with E-state index in [-0.39, 0.29) is 16.9 Å². The summed E-state index contributed by atoms with van der Waals surface area (Å²) in [5.74, 6) is -1.12. The number of nitro groups is 1. The molecule has 0 aliphatic carbocycles. The molecule has 21 heavy (non-hydrogen) atoms. The molecule has 0 unspecified atom stereocenters. The maximum absolute atomic E-state index is 11.0. The molecule has 0 aliphatic heterocycles. The van der Waals surface area contributed by atoms with Crippen LogP contribution in [0.15, 0.2) is 42.5 Å². The second-order valence-electron chi connectivity index (χ2n) is 4.63. The van der Waals surface area contributed by atoms with Crippen molar-refractivity contribution in [2.24, 2.45) is 0 Å². The van der Waals surface area contributed by atoms with E-state index in [4.69, 9.17) is 5.11 Å². The summed E-state index contributed by atoms with van der Waals surface area (Å²) in [6, 6.07) is 11.4. The van der Waals surface area contributed by atoms with Crippen LogP contribution in [0.5, 0.6) is 0 Å². The molecule has 6 nitrogen and oxygen atoms in total. The van der Waals surface area contributed by atoms with Crippen LogP contribution in [0.25, 0.3) is 0 Å². The number of aryl methyl sites for hydroxylation is 1. The molecule has 0 spiro atoms. The van der Waals surface area contributed by atoms with Gasteiger partial charge < -0.3 is 10.4 Å². The van der Waals surface area contributed by atoms with Gasteiger partial charge in [0.05, 0.1) is 10.5 Å². The number of carbonyl (C=O) groups is 1. The van der Waals surface area contributed by atoms with Crippen LogP contribution in [0, 0.1) is 17.0 Å². The van der Waals surface area contributed by atoms with Crippen LogP contribution in [0.1, 0.15) is 21.5 Å². The van der Waals surface area contributed by atoms with Gasteiger partial charge in [-0.1, -0.05) is 29.8 Å². The van der Waals surface area contributed by atoms with E-state index < -0.39 is 10.9 Å². The SMILES string of the molecule is Cc1ccc(CNc2cc(C(=O)O)ccc2[N+](=O)[O-])cc1. The molecular weight excluding hydrogens is 272 g/mol. The van der Waals surface area contributed by atoms with E-state index in [1.54, 1.807) is 0 Å². The van der Waals surface area contributed by atoms with Crippen molar-refractivity contribution >= 4 is 17.3 Å². The minimum absolute atomic E-state index is 0.00649. The van der Waals surface area contributed by atoms with Gasteiger partial charge in [-0.2, -0.15) is 0 Å². The minimum Gasteiger partial charge on any atom is -0.478 e. The van der Waals surface area contributed by atoms with Crippen molar-refractivity contribution in [3.8, 4) is 0 Å². The summed E-state index contributed by atoms with van der Waals surface area (Å²) >= 11 is 0. The molecule has 0 amide bonds. The van der Waals surface area contributed by atoms with E-state index >= 15 is 0 Å². The molecule has 0 saturated heterocycles. The summed E-state index contributed by atoms with van der Waals surface area (Å²) < 4.78 is 0. The fraction of sp³-hybridized carbons (Fsp3) is 0.133. The number of rotatable bonds is 5. The van der Waals surface area contributed by atoms with Crippen molar-refractivity contribution in [3.05, 3.63) is 69.3 Å². The Labute approximate surface area is 121 Å². The Hall–Kier alpha value is -2.89. The zero-order valence-corrected chi connectivity index (χ0v) is 11.4. The first-order valence-electron chi connectivity index (χ1n) is 6.28. The van der Waals surface area contributed by atoms with E-state index in [1.165, 1.54) is 18.2 Å². The van der Waals surface area contributed by atoms with Gasteiger partial charge in [0.2, 0.25) is 0 Å². The Morgan fingerprint density at radius 3 is 2.48 bits per heavy atom. The average molecular weight is 286 g/mol. The summed E-state index contributed by atoms with van der Waals surface area (Å²) in [4.78, 5) is 21.4. The molecule has 2 N–H and O–H groups in total. The van der Waals surface area contributed by atoms with Gasteiger partial charge in [0.1, 0.15) is 5.69 Å². The third-order valence-electron chi connectivity index (χ3n) is 3.04. The highest BCUT2D eigenvalue weighted by molar-refractivity contribution is 5.90. The fourth-order valence-corrected chi connectivity index (χ4v) is 1.87. The first kappa shape index (κ1) is 14.5. The van der Waals surface area contributed by atoms with Crippen LogP contribution in [0.4, 0.5) is 11.4 Å². The fourth-order valence-electron chi connectivity index (χ4n) is 1.87. The quantitative estimate of drug-likeness (QED) is 0.650. The molecule has 2 aromatic carbocycles. The number of carboxylic acid groups (broad SMARTS) is 1. The second-order valence-corrected chi connectivity index (χ2v) is 4.63. The number of hydrogen-bond donors (Lipinski definition) is 2. The maximum Gasteiger partial charge on any atom is 0.335 e. The number of nitrogens with one attached hydrogen (secondary N) is 1. The van der Waals surface area contributed by atoms with Crippen LogP contribution in [0.3, 0.4) is 0 Å². The van der Waals surface area contributed by atoms with Crippen molar-refractivity contribution in [3.63, 3.8) is 0 Å². The first-order valence-corrected chi connectivity index (χ1v) is 6.28. The van der Waals surface area contributed by atoms with E-state index in [9.17, 15) is 14.9 Å². The molecule has 0 saturated carbocycles. The van der Waals surface area contributed by atoms with Crippen LogP contribution in [-0.2, 0) is 6.54 Å². The second kappa shape index (κ2) is 6.04. The molecule has 108 valence electrons. The molecular formula is C15H14N2O4. The molecule has 0 radical (unpaired) electrons. The van der Waals surface area contributed by atoms with E-state index in [0.717, 1.165) is 11.1 Å². The van der Waals surface area contributed by atoms with Gasteiger partial charge in [0, 0.05) is 12.6 Å². The Kier molecular flexibility index (Phi) is 4.18. The number of benzene rings is 2. The minimum atomic E-state index is -1.12. The zero-order valence-electron chi connectivity index (χ0n) is 11.4. The lowest BCUT2D eigenvalue weighted by Crippen LogP contribution is -2.05. The molecule has 6 heteroatoms. The molecule has 0 fully saturated rings. The number of carboxylic acids is 1. The molecule has 2 aromatic rings. The molecule has 0 aliphatic rings. The molecule has 0 heterocycles. The van der Waals surface area contributed by atoms with Crippen LogP contribution in [-0.4, -0.2) is 16.0 Å². The third-order valence-corrected chi connectivity index (χ3v) is 3.04. The van der Waals surface area contributed by atoms with Crippen molar-refractivity contribution in [2.75, 3.05) is 5.32 Å². The number of hydrogen-bond acceptors (Lipinski definition) is 4. The normalized spacial score (nSPS) is 10.1. The van der Waals surface area contributed by atoms with Gasteiger partial charge in [0.25, 0.3) is 5.69 Å². The van der Waals surface area contributed by atoms with Gasteiger partial charge in [-0.15, -0.1) is 0 Å². The van der Waals surface area contributed by atoms with Crippen molar-refractivity contribution < 1.29 is 14.8 Å². The Balaban J connectivity index is 2.24. The van der Waals surface area contributed by atoms with Crippen LogP contribution in [0.2, 0.25) is 0 Å². The summed E-state index contributed by atoms with van der Waals surface area (Å²) in [5.41, 5.74) is 2.13. The highest BCUT2D eigenvalue weighted by Gasteiger charge is 2.16. The summed E-state index contributed by atoms with van der Waals surface area (Å²) in [6.07, 6.45) is 0. The summed E-state index contributed by atoms with van der Waals surface area (Å²) in [7, 11) is 0. The Morgan fingerprint density at radius 2 is 1.90 bits per heavy atom. The number of anilines is 1. The predicted molar refractivity (Wildman–Crippen MR) is 78.6 cm³/mol. The predicted octanol–water partition coefficient (Wildman–Crippen LogP) is 3.21. The lowest BCUT2D eigenvalue weighted by molar-refractivity contribution is -0.384. The van der Waals surface area contributed by atoms with E-state index in [2.05, 4.69) is 5.32 Å². The van der Waals surface area contributed by atoms with Crippen LogP contribution < -0.4 is 5.32 Å². The zero-order chi connectivity index (χ0) is 15.4. The molecule has 0 aromatic heterocycles. The number of nitrogens with zero attached hydrogens (tertiary/aromatic N) is 1. The smallest absolute Gasteiger partial charge is 0.335 e. The Morgan fingerprint density at radius 1 is 1.24 bits per heavy atom. The monoisotopic (exact) mass is 286 g/mol. The maximum atomic E-state index is 11.0. The highest BCUT2D eigenvalue weighted by Crippen LogP contribution is 2.26. The largest absolute Gasteiger partial charge is 0.478 e. The first-order chi connectivity index (χ1) is 9.97. The van der Waals surface area contributed by atoms with E-state index in [1.807, 2.05) is 31.2 Å². The van der Waals surface area contributed by atoms with Gasteiger partial charge in [-0.05, 0) is 24.6 Å². The lowest BCUT2D eigenvalue weighted by atomic mass is 10.1. The van der Waals surface area contributed by atoms with Gasteiger partial charge in [0.15, 0.2) is 0 Å². The Bertz CT molecular complexity index is 681. The molecule has 2 rings (SSSR count). The summed E-state index contributed by atoms with van der Waals surface area (Å²) in [5, 5.41) is 22.9. The standard InChI is InChI=1S/C15H14N2O4/c1-10-2-4-11(5-3-10)9-16-13-8-12(15(18)19)6-7-14(13)17(20)21/h2-8,16H,9H2,1H3,(H,18,19). The third kappa shape index (κ3) is 3.56. The van der Waals surface area contributed by atoms with Crippen molar-refractivity contribution in [1.29, 1.82) is 0 Å². The van der Waals surface area contributed by atoms with Gasteiger partial charge in [-0.3, -0.25) is 10.1 Å².